The van der Waals surface area contributed by atoms with E-state index in [2.05, 4.69) is 11.4 Å². The molecular formula is C23H26FN3O. The molecule has 1 saturated carbocycles. The summed E-state index contributed by atoms with van der Waals surface area (Å²) in [5.41, 5.74) is 1.20. The molecule has 0 bridgehead atoms. The molecule has 0 aliphatic heterocycles. The Bertz CT molecular complexity index is 823. The van der Waals surface area contributed by atoms with Gasteiger partial charge in [0.05, 0.1) is 18.7 Å². The van der Waals surface area contributed by atoms with Crippen molar-refractivity contribution in [1.29, 1.82) is 5.26 Å². The van der Waals surface area contributed by atoms with E-state index in [0.717, 1.165) is 30.4 Å². The van der Waals surface area contributed by atoms with Crippen LogP contribution in [0.15, 0.2) is 54.6 Å². The maximum atomic E-state index is 13.4. The summed E-state index contributed by atoms with van der Waals surface area (Å²) in [6.45, 7) is 0.153. The highest BCUT2D eigenvalue weighted by Gasteiger charge is 2.34. The molecule has 0 saturated heterocycles. The first kappa shape index (κ1) is 20.0. The van der Waals surface area contributed by atoms with E-state index in [9.17, 15) is 14.4 Å². The van der Waals surface area contributed by atoms with Crippen LogP contribution >= 0.6 is 0 Å². The number of nitrogens with one attached hydrogen (secondary N) is 1. The molecule has 2 aromatic carbocycles. The van der Waals surface area contributed by atoms with E-state index in [-0.39, 0.29) is 24.3 Å². The van der Waals surface area contributed by atoms with Crippen molar-refractivity contribution in [3.63, 3.8) is 0 Å². The summed E-state index contributed by atoms with van der Waals surface area (Å²) < 4.78 is 13.4. The van der Waals surface area contributed by atoms with E-state index < -0.39 is 5.54 Å². The molecule has 1 atom stereocenters. The number of nitriles is 1. The third kappa shape index (κ3) is 4.76. The molecule has 4 nitrogen and oxygen atoms in total. The lowest BCUT2D eigenvalue weighted by Crippen LogP contribution is -2.51. The topological polar surface area (TPSA) is 56.1 Å². The first-order valence-corrected chi connectivity index (χ1v) is 9.76. The minimum absolute atomic E-state index is 0.153. The van der Waals surface area contributed by atoms with E-state index in [1.54, 1.807) is 12.1 Å². The molecule has 1 aliphatic carbocycles. The standard InChI is InChI=1S/C23H26FN3O/c1-27(16-21(28)26-23(17-25)14-6-3-7-15-23)22(18-8-4-2-5-9-18)19-10-12-20(24)13-11-19/h2,4-5,8-13,22H,3,6-7,14-16H2,1H3,(H,26,28)/t22-/m0/s1. The van der Waals surface area contributed by atoms with Gasteiger partial charge in [-0.2, -0.15) is 5.26 Å². The van der Waals surface area contributed by atoms with Crippen molar-refractivity contribution in [1.82, 2.24) is 10.2 Å². The van der Waals surface area contributed by atoms with Gasteiger partial charge < -0.3 is 5.32 Å². The molecule has 0 aromatic heterocycles. The minimum atomic E-state index is -0.742. The number of amides is 1. The van der Waals surface area contributed by atoms with Crippen LogP contribution in [-0.4, -0.2) is 29.9 Å². The van der Waals surface area contributed by atoms with Crippen molar-refractivity contribution in [2.24, 2.45) is 0 Å². The van der Waals surface area contributed by atoms with Gasteiger partial charge in [0.1, 0.15) is 11.4 Å². The monoisotopic (exact) mass is 379 g/mol. The van der Waals surface area contributed by atoms with Crippen LogP contribution in [-0.2, 0) is 4.79 Å². The number of hydrogen-bond donors (Lipinski definition) is 1. The largest absolute Gasteiger partial charge is 0.337 e. The number of hydrogen-bond acceptors (Lipinski definition) is 3. The second-order valence-electron chi connectivity index (χ2n) is 7.58. The van der Waals surface area contributed by atoms with E-state index in [1.807, 2.05) is 42.3 Å². The van der Waals surface area contributed by atoms with Crippen LogP contribution in [0.2, 0.25) is 0 Å². The summed E-state index contributed by atoms with van der Waals surface area (Å²) in [5, 5.41) is 12.6. The number of carbonyl (C=O) groups is 1. The molecule has 1 fully saturated rings. The number of carbonyl (C=O) groups excluding carboxylic acids is 1. The van der Waals surface area contributed by atoms with Crippen LogP contribution in [0.25, 0.3) is 0 Å². The molecule has 1 amide bonds. The fourth-order valence-electron chi connectivity index (χ4n) is 4.03. The normalized spacial score (nSPS) is 16.9. The van der Waals surface area contributed by atoms with E-state index >= 15 is 0 Å². The van der Waals surface area contributed by atoms with Gasteiger partial charge in [-0.3, -0.25) is 9.69 Å². The zero-order valence-corrected chi connectivity index (χ0v) is 16.2. The first-order chi connectivity index (χ1) is 13.5. The van der Waals surface area contributed by atoms with E-state index in [4.69, 9.17) is 0 Å². The molecule has 0 unspecified atom stereocenters. The summed E-state index contributed by atoms with van der Waals surface area (Å²) in [7, 11) is 1.88. The summed E-state index contributed by atoms with van der Waals surface area (Å²) in [6.07, 6.45) is 4.45. The smallest absolute Gasteiger partial charge is 0.235 e. The van der Waals surface area contributed by atoms with Crippen LogP contribution < -0.4 is 5.32 Å². The maximum absolute atomic E-state index is 13.4. The SMILES string of the molecule is CN(CC(=O)NC1(C#N)CCCCC1)[C@@H](c1ccccc1)c1ccc(F)cc1. The fourth-order valence-corrected chi connectivity index (χ4v) is 4.03. The van der Waals surface area contributed by atoms with Gasteiger partial charge in [0.25, 0.3) is 0 Å². The Morgan fingerprint density at radius 1 is 1.11 bits per heavy atom. The summed E-state index contributed by atoms with van der Waals surface area (Å²) >= 11 is 0. The van der Waals surface area contributed by atoms with Gasteiger partial charge in [-0.15, -0.1) is 0 Å². The Balaban J connectivity index is 1.77. The van der Waals surface area contributed by atoms with Crippen LogP contribution in [0.5, 0.6) is 0 Å². The molecule has 146 valence electrons. The molecule has 0 heterocycles. The van der Waals surface area contributed by atoms with Gasteiger partial charge in [-0.1, -0.05) is 61.7 Å². The lowest BCUT2D eigenvalue weighted by molar-refractivity contribution is -0.124. The van der Waals surface area contributed by atoms with Crippen molar-refractivity contribution >= 4 is 5.91 Å². The molecule has 28 heavy (non-hydrogen) atoms. The highest BCUT2D eigenvalue weighted by atomic mass is 19.1. The van der Waals surface area contributed by atoms with Crippen molar-refractivity contribution < 1.29 is 9.18 Å². The second-order valence-corrected chi connectivity index (χ2v) is 7.58. The third-order valence-electron chi connectivity index (χ3n) is 5.43. The molecule has 0 radical (unpaired) electrons. The van der Waals surface area contributed by atoms with Crippen LogP contribution in [0.1, 0.15) is 49.3 Å². The zero-order chi connectivity index (χ0) is 20.0. The first-order valence-electron chi connectivity index (χ1n) is 9.76. The Labute approximate surface area is 166 Å². The average molecular weight is 379 g/mol. The van der Waals surface area contributed by atoms with E-state index in [0.29, 0.717) is 12.8 Å². The summed E-state index contributed by atoms with van der Waals surface area (Å²) in [5.74, 6) is -0.446. The van der Waals surface area contributed by atoms with Gasteiger partial charge in [-0.25, -0.2) is 4.39 Å². The van der Waals surface area contributed by atoms with Crippen molar-refractivity contribution in [2.45, 2.75) is 43.7 Å². The average Bonchev–Trinajstić information content (AvgIpc) is 2.71. The molecule has 1 N–H and O–H groups in total. The summed E-state index contributed by atoms with van der Waals surface area (Å²) in [6, 6.07) is 18.4. The third-order valence-corrected chi connectivity index (χ3v) is 5.43. The predicted molar refractivity (Wildman–Crippen MR) is 107 cm³/mol. The van der Waals surface area contributed by atoms with Crippen molar-refractivity contribution in [3.05, 3.63) is 71.5 Å². The van der Waals surface area contributed by atoms with Crippen LogP contribution in [0, 0.1) is 17.1 Å². The highest BCUT2D eigenvalue weighted by molar-refractivity contribution is 5.79. The lowest BCUT2D eigenvalue weighted by Gasteiger charge is -2.33. The Morgan fingerprint density at radius 3 is 2.32 bits per heavy atom. The van der Waals surface area contributed by atoms with Gasteiger partial charge in [-0.05, 0) is 43.1 Å². The zero-order valence-electron chi connectivity index (χ0n) is 16.2. The predicted octanol–water partition coefficient (Wildman–Crippen LogP) is 4.19. The number of benzene rings is 2. The quantitative estimate of drug-likeness (QED) is 0.819. The van der Waals surface area contributed by atoms with Gasteiger partial charge in [0, 0.05) is 0 Å². The van der Waals surface area contributed by atoms with Crippen LogP contribution in [0.4, 0.5) is 4.39 Å². The number of nitrogens with zero attached hydrogens (tertiary/aromatic N) is 2. The Hall–Kier alpha value is -2.71. The number of likely N-dealkylation sites (N-methyl/N-ethyl adjacent to an activating group) is 1. The van der Waals surface area contributed by atoms with Gasteiger partial charge in [0.2, 0.25) is 5.91 Å². The van der Waals surface area contributed by atoms with Crippen molar-refractivity contribution in [2.75, 3.05) is 13.6 Å². The van der Waals surface area contributed by atoms with E-state index in [1.165, 1.54) is 12.1 Å². The molecule has 3 rings (SSSR count). The molecule has 0 spiro atoms. The number of halogens is 1. The molecule has 1 aliphatic rings. The minimum Gasteiger partial charge on any atom is -0.337 e. The molecular weight excluding hydrogens is 353 g/mol. The molecule has 5 heteroatoms. The van der Waals surface area contributed by atoms with Crippen molar-refractivity contribution in [3.8, 4) is 6.07 Å². The Morgan fingerprint density at radius 2 is 1.71 bits per heavy atom. The highest BCUT2D eigenvalue weighted by Crippen LogP contribution is 2.29. The number of rotatable bonds is 6. The van der Waals surface area contributed by atoms with Gasteiger partial charge >= 0.3 is 0 Å². The van der Waals surface area contributed by atoms with Gasteiger partial charge in [0.15, 0.2) is 0 Å². The maximum Gasteiger partial charge on any atom is 0.235 e. The Kier molecular flexibility index (Phi) is 6.43. The lowest BCUT2D eigenvalue weighted by atomic mass is 9.83. The summed E-state index contributed by atoms with van der Waals surface area (Å²) in [4.78, 5) is 14.7. The fraction of sp³-hybridized carbons (Fsp3) is 0.391. The molecule has 2 aromatic rings. The second kappa shape index (κ2) is 8.99. The van der Waals surface area contributed by atoms with Crippen LogP contribution in [0.3, 0.4) is 0 Å².